The van der Waals surface area contributed by atoms with Crippen LogP contribution in [0.4, 0.5) is 15.6 Å². The van der Waals surface area contributed by atoms with Gasteiger partial charge in [-0.3, -0.25) is 4.90 Å². The second kappa shape index (κ2) is 4.11. The fourth-order valence-corrected chi connectivity index (χ4v) is 2.72. The van der Waals surface area contributed by atoms with Crippen molar-refractivity contribution in [2.75, 3.05) is 23.7 Å². The highest BCUT2D eigenvalue weighted by Gasteiger charge is 2.31. The fourth-order valence-electron chi connectivity index (χ4n) is 1.95. The first kappa shape index (κ1) is 11.2. The van der Waals surface area contributed by atoms with Crippen LogP contribution < -0.4 is 16.4 Å². The minimum absolute atomic E-state index is 0.236. The Kier molecular flexibility index (Phi) is 2.57. The molecule has 3 rings (SSSR count). The molecule has 1 aliphatic heterocycles. The lowest BCUT2D eigenvalue weighted by atomic mass is 10.2. The van der Waals surface area contributed by atoms with E-state index in [0.717, 1.165) is 15.9 Å². The summed E-state index contributed by atoms with van der Waals surface area (Å²) in [7, 11) is 0. The Balaban J connectivity index is 1.96. The number of benzene rings is 1. The third-order valence-corrected chi connectivity index (χ3v) is 3.68. The predicted octanol–water partition coefficient (Wildman–Crippen LogP) is 1.16. The molecule has 4 N–H and O–H groups in total. The smallest absolute Gasteiger partial charge is 0.414 e. The highest BCUT2D eigenvalue weighted by atomic mass is 32.1. The molecule has 7 heteroatoms. The van der Waals surface area contributed by atoms with Crippen LogP contribution in [0.15, 0.2) is 18.2 Å². The lowest BCUT2D eigenvalue weighted by molar-refractivity contribution is 0.145. The summed E-state index contributed by atoms with van der Waals surface area (Å²) in [6.07, 6.45) is -0.595. The molecule has 2 aromatic rings. The maximum Gasteiger partial charge on any atom is 0.414 e. The number of anilines is 2. The van der Waals surface area contributed by atoms with Gasteiger partial charge in [0.1, 0.15) is 6.10 Å². The van der Waals surface area contributed by atoms with E-state index in [1.54, 1.807) is 4.90 Å². The van der Waals surface area contributed by atoms with Gasteiger partial charge >= 0.3 is 6.09 Å². The van der Waals surface area contributed by atoms with Gasteiger partial charge in [-0.2, -0.15) is 0 Å². The molecule has 1 aromatic carbocycles. The number of nitrogens with two attached hydrogens (primary N) is 2. The van der Waals surface area contributed by atoms with E-state index in [1.807, 2.05) is 18.2 Å². The SMILES string of the molecule is NC[C@H]1CN(c2ccc3nc(N)sc3c2)C(=O)O1. The molecule has 1 aliphatic rings. The van der Waals surface area contributed by atoms with Gasteiger partial charge in [0, 0.05) is 12.2 Å². The minimum atomic E-state index is -0.359. The topological polar surface area (TPSA) is 94.5 Å². The van der Waals surface area contributed by atoms with Crippen LogP contribution in [0.25, 0.3) is 10.2 Å². The molecule has 6 nitrogen and oxygen atoms in total. The van der Waals surface area contributed by atoms with Crippen LogP contribution in [0.5, 0.6) is 0 Å². The predicted molar refractivity (Wildman–Crippen MR) is 70.7 cm³/mol. The zero-order valence-corrected chi connectivity index (χ0v) is 10.3. The second-order valence-electron chi connectivity index (χ2n) is 4.06. The number of ether oxygens (including phenoxy) is 1. The normalized spacial score (nSPS) is 19.5. The number of rotatable bonds is 2. The average molecular weight is 264 g/mol. The molecule has 2 heterocycles. The lowest BCUT2D eigenvalue weighted by Gasteiger charge is -2.12. The van der Waals surface area contributed by atoms with E-state index in [9.17, 15) is 4.79 Å². The lowest BCUT2D eigenvalue weighted by Crippen LogP contribution is -2.27. The first-order valence-corrected chi connectivity index (χ1v) is 6.33. The van der Waals surface area contributed by atoms with Crippen molar-refractivity contribution < 1.29 is 9.53 Å². The summed E-state index contributed by atoms with van der Waals surface area (Å²) < 4.78 is 6.07. The number of nitrogens with zero attached hydrogens (tertiary/aromatic N) is 2. The fraction of sp³-hybridized carbons (Fsp3) is 0.273. The van der Waals surface area contributed by atoms with Crippen LogP contribution in [0.1, 0.15) is 0 Å². The largest absolute Gasteiger partial charge is 0.443 e. The number of amides is 1. The van der Waals surface area contributed by atoms with Crippen molar-refractivity contribution in [3.05, 3.63) is 18.2 Å². The molecule has 1 aromatic heterocycles. The average Bonchev–Trinajstić information content (AvgIpc) is 2.89. The van der Waals surface area contributed by atoms with E-state index < -0.39 is 0 Å². The Morgan fingerprint density at radius 2 is 2.39 bits per heavy atom. The number of cyclic esters (lactones) is 1. The van der Waals surface area contributed by atoms with Crippen molar-refractivity contribution in [3.63, 3.8) is 0 Å². The van der Waals surface area contributed by atoms with Crippen molar-refractivity contribution >= 4 is 38.5 Å². The number of nitrogen functional groups attached to an aromatic ring is 1. The van der Waals surface area contributed by atoms with Gasteiger partial charge in [0.05, 0.1) is 16.8 Å². The van der Waals surface area contributed by atoms with Gasteiger partial charge in [0.25, 0.3) is 0 Å². The third kappa shape index (κ3) is 1.77. The van der Waals surface area contributed by atoms with E-state index in [2.05, 4.69) is 4.98 Å². The summed E-state index contributed by atoms with van der Waals surface area (Å²) >= 11 is 1.40. The summed E-state index contributed by atoms with van der Waals surface area (Å²) in [6, 6.07) is 5.58. The quantitative estimate of drug-likeness (QED) is 0.848. The van der Waals surface area contributed by atoms with Gasteiger partial charge in [-0.25, -0.2) is 9.78 Å². The number of carbonyl (C=O) groups excluding carboxylic acids is 1. The van der Waals surface area contributed by atoms with Crippen LogP contribution in [-0.2, 0) is 4.74 Å². The molecule has 1 fully saturated rings. The molecular weight excluding hydrogens is 252 g/mol. The van der Waals surface area contributed by atoms with Gasteiger partial charge in [0.2, 0.25) is 0 Å². The number of aromatic nitrogens is 1. The molecule has 0 bridgehead atoms. The molecule has 1 amide bonds. The second-order valence-corrected chi connectivity index (χ2v) is 5.12. The molecule has 1 atom stereocenters. The summed E-state index contributed by atoms with van der Waals surface area (Å²) in [5.41, 5.74) is 12.8. The molecule has 18 heavy (non-hydrogen) atoms. The Bertz CT molecular complexity index is 612. The number of hydrogen-bond acceptors (Lipinski definition) is 6. The van der Waals surface area contributed by atoms with E-state index in [1.165, 1.54) is 11.3 Å². The van der Waals surface area contributed by atoms with Crippen LogP contribution in [0.3, 0.4) is 0 Å². The van der Waals surface area contributed by atoms with Crippen LogP contribution in [0, 0.1) is 0 Å². The Morgan fingerprint density at radius 3 is 3.11 bits per heavy atom. The monoisotopic (exact) mass is 264 g/mol. The summed E-state index contributed by atoms with van der Waals surface area (Å²) in [6.45, 7) is 0.813. The van der Waals surface area contributed by atoms with Crippen LogP contribution >= 0.6 is 11.3 Å². The van der Waals surface area contributed by atoms with E-state index >= 15 is 0 Å². The number of hydrogen-bond donors (Lipinski definition) is 2. The van der Waals surface area contributed by atoms with Crippen LogP contribution in [0.2, 0.25) is 0 Å². The van der Waals surface area contributed by atoms with E-state index in [4.69, 9.17) is 16.2 Å². The van der Waals surface area contributed by atoms with Crippen LogP contribution in [-0.4, -0.2) is 30.3 Å². The molecule has 94 valence electrons. The first-order chi connectivity index (χ1) is 8.67. The van der Waals surface area contributed by atoms with Gasteiger partial charge < -0.3 is 16.2 Å². The molecule has 1 saturated heterocycles. The third-order valence-electron chi connectivity index (χ3n) is 2.84. The maximum atomic E-state index is 11.7. The van der Waals surface area contributed by atoms with Crippen molar-refractivity contribution in [2.45, 2.75) is 6.10 Å². The molecule has 0 unspecified atom stereocenters. The standard InChI is InChI=1S/C11H12N4O2S/c12-4-7-5-15(11(16)17-7)6-1-2-8-9(3-6)18-10(13)14-8/h1-3,7H,4-5,12H2,(H2,13,14)/t7-/m0/s1. The molecule has 0 aliphatic carbocycles. The van der Waals surface area contributed by atoms with Gasteiger partial charge in [0.15, 0.2) is 5.13 Å². The van der Waals surface area contributed by atoms with Gasteiger partial charge in [-0.1, -0.05) is 11.3 Å². The molecule has 0 radical (unpaired) electrons. The van der Waals surface area contributed by atoms with Crippen molar-refractivity contribution in [2.24, 2.45) is 5.73 Å². The highest BCUT2D eigenvalue weighted by Crippen LogP contribution is 2.29. The van der Waals surface area contributed by atoms with E-state index in [-0.39, 0.29) is 12.2 Å². The van der Waals surface area contributed by atoms with Gasteiger partial charge in [-0.05, 0) is 18.2 Å². The zero-order chi connectivity index (χ0) is 12.7. The first-order valence-electron chi connectivity index (χ1n) is 5.51. The van der Waals surface area contributed by atoms with E-state index in [0.29, 0.717) is 18.2 Å². The summed E-state index contributed by atoms with van der Waals surface area (Å²) in [5, 5.41) is 0.519. The zero-order valence-electron chi connectivity index (χ0n) is 9.50. The van der Waals surface area contributed by atoms with Crippen molar-refractivity contribution in [3.8, 4) is 0 Å². The van der Waals surface area contributed by atoms with Gasteiger partial charge in [-0.15, -0.1) is 0 Å². The van der Waals surface area contributed by atoms with Crippen molar-refractivity contribution in [1.82, 2.24) is 4.98 Å². The number of carbonyl (C=O) groups is 1. The Labute approximate surface area is 107 Å². The minimum Gasteiger partial charge on any atom is -0.443 e. The highest BCUT2D eigenvalue weighted by molar-refractivity contribution is 7.22. The molecule has 0 saturated carbocycles. The Morgan fingerprint density at radius 1 is 1.56 bits per heavy atom. The summed E-state index contributed by atoms with van der Waals surface area (Å²) in [4.78, 5) is 17.4. The number of thiazole rings is 1. The molecular formula is C11H12N4O2S. The van der Waals surface area contributed by atoms with Crippen molar-refractivity contribution in [1.29, 1.82) is 0 Å². The Hall–Kier alpha value is -1.86. The summed E-state index contributed by atoms with van der Waals surface area (Å²) in [5.74, 6) is 0. The maximum absolute atomic E-state index is 11.7. The number of fused-ring (bicyclic) bond motifs is 1. The molecule has 0 spiro atoms.